The molecule has 0 N–H and O–H groups in total. The fourth-order valence-corrected chi connectivity index (χ4v) is 2.77. The van der Waals surface area contributed by atoms with Gasteiger partial charge in [0.2, 0.25) is 0 Å². The SMILES string of the molecule is Cc1ccc(-c2ccc(-c3ccccc3C)c(C)c2)cc1. The van der Waals surface area contributed by atoms with Gasteiger partial charge in [-0.1, -0.05) is 72.3 Å². The van der Waals surface area contributed by atoms with E-state index < -0.39 is 0 Å². The predicted octanol–water partition coefficient (Wildman–Crippen LogP) is 5.95. The van der Waals surface area contributed by atoms with Crippen molar-refractivity contribution in [2.45, 2.75) is 20.8 Å². The van der Waals surface area contributed by atoms with Crippen molar-refractivity contribution in [1.82, 2.24) is 0 Å². The maximum atomic E-state index is 2.28. The van der Waals surface area contributed by atoms with Crippen LogP contribution in [0.3, 0.4) is 0 Å². The maximum Gasteiger partial charge on any atom is -0.0152 e. The fourth-order valence-electron chi connectivity index (χ4n) is 2.77. The summed E-state index contributed by atoms with van der Waals surface area (Å²) >= 11 is 0. The van der Waals surface area contributed by atoms with Gasteiger partial charge in [0.05, 0.1) is 0 Å². The van der Waals surface area contributed by atoms with E-state index in [4.69, 9.17) is 0 Å². The van der Waals surface area contributed by atoms with Gasteiger partial charge < -0.3 is 0 Å². The second kappa shape index (κ2) is 5.57. The summed E-state index contributed by atoms with van der Waals surface area (Å²) in [5, 5.41) is 0. The molecule has 104 valence electrons. The molecule has 0 bridgehead atoms. The Morgan fingerprint density at radius 1 is 0.524 bits per heavy atom. The molecule has 21 heavy (non-hydrogen) atoms. The topological polar surface area (TPSA) is 0 Å². The predicted molar refractivity (Wildman–Crippen MR) is 91.5 cm³/mol. The first-order chi connectivity index (χ1) is 10.1. The lowest BCUT2D eigenvalue weighted by atomic mass is 9.93. The molecule has 0 fully saturated rings. The van der Waals surface area contributed by atoms with E-state index in [0.717, 1.165) is 0 Å². The third-order valence-corrected chi connectivity index (χ3v) is 4.05. The molecule has 0 aliphatic heterocycles. The third-order valence-electron chi connectivity index (χ3n) is 4.05. The Morgan fingerprint density at radius 3 is 1.81 bits per heavy atom. The first-order valence-electron chi connectivity index (χ1n) is 7.39. The van der Waals surface area contributed by atoms with Gasteiger partial charge in [-0.25, -0.2) is 0 Å². The Balaban J connectivity index is 2.04. The zero-order valence-corrected chi connectivity index (χ0v) is 12.9. The number of benzene rings is 3. The smallest absolute Gasteiger partial charge is 0.0152 e. The quantitative estimate of drug-likeness (QED) is 0.541. The molecule has 0 saturated carbocycles. The normalized spacial score (nSPS) is 10.6. The molecule has 0 radical (unpaired) electrons. The summed E-state index contributed by atoms with van der Waals surface area (Å²) in [5.74, 6) is 0. The Morgan fingerprint density at radius 2 is 1.14 bits per heavy atom. The largest absolute Gasteiger partial charge is 0.0620 e. The minimum Gasteiger partial charge on any atom is -0.0620 e. The van der Waals surface area contributed by atoms with Gasteiger partial charge >= 0.3 is 0 Å². The van der Waals surface area contributed by atoms with Gasteiger partial charge in [0.15, 0.2) is 0 Å². The molecule has 0 nitrogen and oxygen atoms in total. The van der Waals surface area contributed by atoms with Crippen LogP contribution >= 0.6 is 0 Å². The first-order valence-corrected chi connectivity index (χ1v) is 7.39. The molecular weight excluding hydrogens is 252 g/mol. The Bertz CT molecular complexity index is 764. The summed E-state index contributed by atoms with van der Waals surface area (Å²) < 4.78 is 0. The Hall–Kier alpha value is -2.34. The van der Waals surface area contributed by atoms with Crippen LogP contribution in [-0.4, -0.2) is 0 Å². The lowest BCUT2D eigenvalue weighted by molar-refractivity contribution is 1.40. The summed E-state index contributed by atoms with van der Waals surface area (Å²) in [4.78, 5) is 0. The van der Waals surface area contributed by atoms with Crippen molar-refractivity contribution in [3.63, 3.8) is 0 Å². The van der Waals surface area contributed by atoms with Crippen molar-refractivity contribution in [2.24, 2.45) is 0 Å². The van der Waals surface area contributed by atoms with E-state index in [1.165, 1.54) is 38.9 Å². The van der Waals surface area contributed by atoms with Gasteiger partial charge in [0.1, 0.15) is 0 Å². The zero-order valence-electron chi connectivity index (χ0n) is 12.9. The van der Waals surface area contributed by atoms with Crippen LogP contribution in [0.1, 0.15) is 16.7 Å². The van der Waals surface area contributed by atoms with E-state index in [9.17, 15) is 0 Å². The van der Waals surface area contributed by atoms with Crippen LogP contribution in [-0.2, 0) is 0 Å². The molecule has 3 aromatic carbocycles. The summed E-state index contributed by atoms with van der Waals surface area (Å²) in [6.45, 7) is 6.48. The minimum atomic E-state index is 1.28. The lowest BCUT2D eigenvalue weighted by Crippen LogP contribution is -1.88. The molecule has 0 aromatic heterocycles. The maximum absolute atomic E-state index is 2.28. The van der Waals surface area contributed by atoms with Gasteiger partial charge in [-0.05, 0) is 54.2 Å². The lowest BCUT2D eigenvalue weighted by Gasteiger charge is -2.11. The monoisotopic (exact) mass is 272 g/mol. The van der Waals surface area contributed by atoms with Gasteiger partial charge in [0.25, 0.3) is 0 Å². The minimum absolute atomic E-state index is 1.28. The molecule has 0 saturated heterocycles. The van der Waals surface area contributed by atoms with Crippen LogP contribution in [0.15, 0.2) is 66.7 Å². The second-order valence-electron chi connectivity index (χ2n) is 5.71. The molecule has 0 unspecified atom stereocenters. The highest BCUT2D eigenvalue weighted by Gasteiger charge is 2.06. The average Bonchev–Trinajstić information content (AvgIpc) is 2.49. The standard InChI is InChI=1S/C21H20/c1-15-8-10-18(11-9-15)19-12-13-21(17(3)14-19)20-7-5-4-6-16(20)2/h4-14H,1-3H3. The molecule has 0 amide bonds. The summed E-state index contributed by atoms with van der Waals surface area (Å²) in [6.07, 6.45) is 0. The first kappa shape index (κ1) is 13.6. The average molecular weight is 272 g/mol. The Kier molecular flexibility index (Phi) is 3.62. The summed E-state index contributed by atoms with van der Waals surface area (Å²) in [6, 6.07) is 24.0. The molecule has 0 heteroatoms. The summed E-state index contributed by atoms with van der Waals surface area (Å²) in [7, 11) is 0. The number of rotatable bonds is 2. The van der Waals surface area contributed by atoms with Crippen LogP contribution in [0, 0.1) is 20.8 Å². The molecule has 0 heterocycles. The van der Waals surface area contributed by atoms with E-state index >= 15 is 0 Å². The van der Waals surface area contributed by atoms with Crippen LogP contribution in [0.25, 0.3) is 22.3 Å². The molecule has 0 atom stereocenters. The van der Waals surface area contributed by atoms with Crippen molar-refractivity contribution in [2.75, 3.05) is 0 Å². The third kappa shape index (κ3) is 2.75. The summed E-state index contributed by atoms with van der Waals surface area (Å²) in [5.41, 5.74) is 9.15. The van der Waals surface area contributed by atoms with E-state index in [0.29, 0.717) is 0 Å². The van der Waals surface area contributed by atoms with Crippen LogP contribution in [0.4, 0.5) is 0 Å². The molecular formula is C21H20. The second-order valence-corrected chi connectivity index (χ2v) is 5.71. The van der Waals surface area contributed by atoms with Crippen molar-refractivity contribution in [1.29, 1.82) is 0 Å². The van der Waals surface area contributed by atoms with Crippen molar-refractivity contribution in [3.05, 3.63) is 83.4 Å². The van der Waals surface area contributed by atoms with E-state index in [-0.39, 0.29) is 0 Å². The molecule has 3 aromatic rings. The van der Waals surface area contributed by atoms with Crippen LogP contribution in [0.5, 0.6) is 0 Å². The highest BCUT2D eigenvalue weighted by molar-refractivity contribution is 5.75. The molecule has 0 aliphatic carbocycles. The molecule has 3 rings (SSSR count). The van der Waals surface area contributed by atoms with Gasteiger partial charge in [0, 0.05) is 0 Å². The highest BCUT2D eigenvalue weighted by Crippen LogP contribution is 2.30. The van der Waals surface area contributed by atoms with Crippen molar-refractivity contribution >= 4 is 0 Å². The van der Waals surface area contributed by atoms with E-state index in [2.05, 4.69) is 87.5 Å². The van der Waals surface area contributed by atoms with Crippen molar-refractivity contribution < 1.29 is 0 Å². The highest BCUT2D eigenvalue weighted by atomic mass is 14.1. The van der Waals surface area contributed by atoms with E-state index in [1.54, 1.807) is 0 Å². The van der Waals surface area contributed by atoms with Crippen molar-refractivity contribution in [3.8, 4) is 22.3 Å². The van der Waals surface area contributed by atoms with Gasteiger partial charge in [-0.3, -0.25) is 0 Å². The molecule has 0 aliphatic rings. The number of aryl methyl sites for hydroxylation is 3. The fraction of sp³-hybridized carbons (Fsp3) is 0.143. The van der Waals surface area contributed by atoms with E-state index in [1.807, 2.05) is 0 Å². The van der Waals surface area contributed by atoms with Crippen LogP contribution < -0.4 is 0 Å². The number of hydrogen-bond acceptors (Lipinski definition) is 0. The number of hydrogen-bond donors (Lipinski definition) is 0. The molecule has 0 spiro atoms. The van der Waals surface area contributed by atoms with Gasteiger partial charge in [-0.2, -0.15) is 0 Å². The Labute approximate surface area is 127 Å². The van der Waals surface area contributed by atoms with Crippen LogP contribution in [0.2, 0.25) is 0 Å². The zero-order chi connectivity index (χ0) is 14.8. The van der Waals surface area contributed by atoms with Gasteiger partial charge in [-0.15, -0.1) is 0 Å².